The Labute approximate surface area is 148 Å². The second-order valence-electron chi connectivity index (χ2n) is 7.46. The van der Waals surface area contributed by atoms with Crippen molar-refractivity contribution in [3.8, 4) is 11.3 Å². The van der Waals surface area contributed by atoms with Crippen LogP contribution in [0, 0.1) is 6.92 Å². The zero-order valence-electron chi connectivity index (χ0n) is 15.2. The Morgan fingerprint density at radius 3 is 2.24 bits per heavy atom. The van der Waals surface area contributed by atoms with E-state index >= 15 is 0 Å². The molecule has 0 amide bonds. The maximum Gasteiger partial charge on any atom is 0.494 e. The van der Waals surface area contributed by atoms with Crippen LogP contribution >= 0.6 is 0 Å². The smallest absolute Gasteiger partial charge is 0.478 e. The quantitative estimate of drug-likeness (QED) is 0.871. The van der Waals surface area contributed by atoms with Crippen LogP contribution in [0.5, 0.6) is 0 Å². The summed E-state index contributed by atoms with van der Waals surface area (Å²) in [6.07, 6.45) is 1.76. The number of benzene rings is 1. The maximum atomic E-state index is 11.6. The first-order valence-corrected chi connectivity index (χ1v) is 8.26. The van der Waals surface area contributed by atoms with Crippen molar-refractivity contribution >= 4 is 18.6 Å². The van der Waals surface area contributed by atoms with Gasteiger partial charge in [-0.1, -0.05) is 12.1 Å². The molecule has 0 spiro atoms. The molecule has 1 aromatic heterocycles. The molecule has 2 heterocycles. The third-order valence-corrected chi connectivity index (χ3v) is 4.93. The molecule has 0 aliphatic carbocycles. The zero-order chi connectivity index (χ0) is 18.4. The Bertz CT molecular complexity index is 799. The molecule has 0 saturated carbocycles. The Morgan fingerprint density at radius 1 is 1.08 bits per heavy atom. The summed E-state index contributed by atoms with van der Waals surface area (Å²) in [6, 6.07) is 8.93. The van der Waals surface area contributed by atoms with Crippen LogP contribution in [0.25, 0.3) is 11.3 Å². The SMILES string of the molecule is Cc1ccc(-c2cc(B3OC(C)(C)C(C)(C)O3)cc(C(=O)O)c2)nc1. The minimum atomic E-state index is -0.994. The summed E-state index contributed by atoms with van der Waals surface area (Å²) in [5.74, 6) is -0.994. The molecule has 5 nitrogen and oxygen atoms in total. The molecule has 2 aromatic rings. The summed E-state index contributed by atoms with van der Waals surface area (Å²) in [5.41, 5.74) is 2.37. The van der Waals surface area contributed by atoms with Crippen molar-refractivity contribution in [3.05, 3.63) is 47.7 Å². The first kappa shape index (κ1) is 17.6. The highest BCUT2D eigenvalue weighted by atomic mass is 16.7. The van der Waals surface area contributed by atoms with Gasteiger partial charge in [0.25, 0.3) is 0 Å². The Hall–Kier alpha value is -2.18. The zero-order valence-corrected chi connectivity index (χ0v) is 15.2. The molecule has 130 valence electrons. The number of carboxylic acid groups (broad SMARTS) is 1. The second kappa shape index (κ2) is 5.97. The number of rotatable bonds is 3. The highest BCUT2D eigenvalue weighted by molar-refractivity contribution is 6.62. The van der Waals surface area contributed by atoms with Gasteiger partial charge in [-0.05, 0) is 63.8 Å². The first-order chi connectivity index (χ1) is 11.6. The molecule has 3 rings (SSSR count). The van der Waals surface area contributed by atoms with E-state index in [9.17, 15) is 9.90 Å². The molecule has 1 aliphatic heterocycles. The van der Waals surface area contributed by atoms with Crippen molar-refractivity contribution in [2.45, 2.75) is 45.8 Å². The Kier molecular flexibility index (Phi) is 4.21. The van der Waals surface area contributed by atoms with Crippen molar-refractivity contribution in [1.82, 2.24) is 4.98 Å². The predicted octanol–water partition coefficient (Wildman–Crippen LogP) is 3.05. The van der Waals surface area contributed by atoms with E-state index in [4.69, 9.17) is 9.31 Å². The molecule has 1 fully saturated rings. The van der Waals surface area contributed by atoms with Gasteiger partial charge >= 0.3 is 13.1 Å². The van der Waals surface area contributed by atoms with Crippen molar-refractivity contribution in [3.63, 3.8) is 0 Å². The molecule has 0 unspecified atom stereocenters. The van der Waals surface area contributed by atoms with Crippen molar-refractivity contribution in [1.29, 1.82) is 0 Å². The fourth-order valence-corrected chi connectivity index (χ4v) is 2.68. The molecule has 0 bridgehead atoms. The topological polar surface area (TPSA) is 68.7 Å². The predicted molar refractivity (Wildman–Crippen MR) is 97.1 cm³/mol. The van der Waals surface area contributed by atoms with Crippen LogP contribution in [0.1, 0.15) is 43.6 Å². The summed E-state index contributed by atoms with van der Waals surface area (Å²) < 4.78 is 12.1. The summed E-state index contributed by atoms with van der Waals surface area (Å²) in [7, 11) is -0.617. The molecule has 6 heteroatoms. The number of aromatic carboxylic acids is 1. The van der Waals surface area contributed by atoms with Gasteiger partial charge in [-0.3, -0.25) is 4.98 Å². The lowest BCUT2D eigenvalue weighted by Crippen LogP contribution is -2.41. The minimum Gasteiger partial charge on any atom is -0.478 e. The lowest BCUT2D eigenvalue weighted by atomic mass is 9.77. The van der Waals surface area contributed by atoms with Crippen molar-refractivity contribution < 1.29 is 19.2 Å². The average molecular weight is 339 g/mol. The van der Waals surface area contributed by atoms with E-state index in [2.05, 4.69) is 4.98 Å². The van der Waals surface area contributed by atoms with Crippen LogP contribution in [-0.2, 0) is 9.31 Å². The Balaban J connectivity index is 2.06. The number of aromatic nitrogens is 1. The molecular weight excluding hydrogens is 317 g/mol. The van der Waals surface area contributed by atoms with Gasteiger partial charge < -0.3 is 14.4 Å². The van der Waals surface area contributed by atoms with E-state index in [-0.39, 0.29) is 5.56 Å². The normalized spacial score (nSPS) is 18.4. The van der Waals surface area contributed by atoms with E-state index < -0.39 is 24.3 Å². The van der Waals surface area contributed by atoms with Gasteiger partial charge in [0.05, 0.1) is 22.5 Å². The summed E-state index contributed by atoms with van der Waals surface area (Å²) in [4.78, 5) is 16.0. The maximum absolute atomic E-state index is 11.6. The molecule has 0 radical (unpaired) electrons. The third kappa shape index (κ3) is 3.32. The highest BCUT2D eigenvalue weighted by Gasteiger charge is 2.51. The lowest BCUT2D eigenvalue weighted by molar-refractivity contribution is 0.00578. The van der Waals surface area contributed by atoms with Crippen LogP contribution in [0.15, 0.2) is 36.5 Å². The van der Waals surface area contributed by atoms with Gasteiger partial charge in [0.15, 0.2) is 0 Å². The van der Waals surface area contributed by atoms with E-state index in [1.807, 2.05) is 52.8 Å². The number of hydrogen-bond donors (Lipinski definition) is 1. The van der Waals surface area contributed by atoms with Gasteiger partial charge in [0.2, 0.25) is 0 Å². The number of pyridine rings is 1. The fourth-order valence-electron chi connectivity index (χ4n) is 2.68. The molecule has 0 atom stereocenters. The number of carboxylic acids is 1. The summed E-state index contributed by atoms with van der Waals surface area (Å²) >= 11 is 0. The van der Waals surface area contributed by atoms with Crippen molar-refractivity contribution in [2.24, 2.45) is 0 Å². The third-order valence-electron chi connectivity index (χ3n) is 4.93. The van der Waals surface area contributed by atoms with Crippen LogP contribution in [0.3, 0.4) is 0 Å². The van der Waals surface area contributed by atoms with Crippen LogP contribution in [-0.4, -0.2) is 34.4 Å². The van der Waals surface area contributed by atoms with E-state index in [0.29, 0.717) is 11.2 Å². The number of hydrogen-bond acceptors (Lipinski definition) is 4. The molecular formula is C19H22BNO4. The molecule has 1 aromatic carbocycles. The molecule has 25 heavy (non-hydrogen) atoms. The first-order valence-electron chi connectivity index (χ1n) is 8.26. The molecule has 1 aliphatic rings. The molecule has 1 saturated heterocycles. The van der Waals surface area contributed by atoms with E-state index in [0.717, 1.165) is 11.1 Å². The minimum absolute atomic E-state index is 0.185. The van der Waals surface area contributed by atoms with Gasteiger partial charge in [0, 0.05) is 11.8 Å². The number of nitrogens with zero attached hydrogens (tertiary/aromatic N) is 1. The number of aryl methyl sites for hydroxylation is 1. The van der Waals surface area contributed by atoms with Crippen LogP contribution in [0.2, 0.25) is 0 Å². The summed E-state index contributed by atoms with van der Waals surface area (Å²) in [5, 5.41) is 9.47. The van der Waals surface area contributed by atoms with Gasteiger partial charge in [0.1, 0.15) is 0 Å². The largest absolute Gasteiger partial charge is 0.494 e. The Morgan fingerprint density at radius 2 is 1.72 bits per heavy atom. The van der Waals surface area contributed by atoms with Gasteiger partial charge in [-0.15, -0.1) is 0 Å². The van der Waals surface area contributed by atoms with E-state index in [1.54, 1.807) is 18.3 Å². The average Bonchev–Trinajstić information content (AvgIpc) is 2.75. The van der Waals surface area contributed by atoms with Crippen LogP contribution < -0.4 is 5.46 Å². The standard InChI is InChI=1S/C19H22BNO4/c1-12-6-7-16(21-11-12)13-8-14(17(22)23)10-15(9-13)20-24-18(2,3)19(4,5)25-20/h6-11H,1-5H3,(H,22,23). The summed E-state index contributed by atoms with van der Waals surface area (Å²) in [6.45, 7) is 9.83. The van der Waals surface area contributed by atoms with Crippen molar-refractivity contribution in [2.75, 3.05) is 0 Å². The van der Waals surface area contributed by atoms with Crippen LogP contribution in [0.4, 0.5) is 0 Å². The van der Waals surface area contributed by atoms with Gasteiger partial charge in [-0.25, -0.2) is 4.79 Å². The fraction of sp³-hybridized carbons (Fsp3) is 0.368. The lowest BCUT2D eigenvalue weighted by Gasteiger charge is -2.32. The van der Waals surface area contributed by atoms with E-state index in [1.165, 1.54) is 0 Å². The number of carbonyl (C=O) groups is 1. The molecule has 1 N–H and O–H groups in total. The highest BCUT2D eigenvalue weighted by Crippen LogP contribution is 2.36. The second-order valence-corrected chi connectivity index (χ2v) is 7.46. The monoisotopic (exact) mass is 339 g/mol. The van der Waals surface area contributed by atoms with Gasteiger partial charge in [-0.2, -0.15) is 0 Å².